The van der Waals surface area contributed by atoms with Crippen LogP contribution in [0.4, 0.5) is 0 Å². The number of hydrogen-bond acceptors (Lipinski definition) is 6. The van der Waals surface area contributed by atoms with Crippen molar-refractivity contribution in [2.24, 2.45) is 5.92 Å². The minimum absolute atomic E-state index is 0.283. The van der Waals surface area contributed by atoms with Gasteiger partial charge in [-0.3, -0.25) is 10.0 Å². The zero-order valence-corrected chi connectivity index (χ0v) is 15.7. The van der Waals surface area contributed by atoms with E-state index in [1.54, 1.807) is 5.48 Å². The maximum Gasteiger partial charge on any atom is 0.272 e. The Morgan fingerprint density at radius 2 is 1.54 bits per heavy atom. The summed E-state index contributed by atoms with van der Waals surface area (Å²) in [7, 11) is 0. The van der Waals surface area contributed by atoms with Crippen molar-refractivity contribution in [3.05, 3.63) is 35.9 Å². The second kappa shape index (κ2) is 14.6. The van der Waals surface area contributed by atoms with Crippen LogP contribution in [0.2, 0.25) is 0 Å². The van der Waals surface area contributed by atoms with Crippen LogP contribution in [-0.2, 0) is 30.3 Å². The predicted octanol–water partition coefficient (Wildman–Crippen LogP) is 2.17. The molecule has 1 amide bonds. The molecule has 26 heavy (non-hydrogen) atoms. The van der Waals surface area contributed by atoms with Crippen molar-refractivity contribution in [3.8, 4) is 0 Å². The number of hydrogen-bond donors (Lipinski definition) is 2. The number of ether oxygens (including phenoxy) is 4. The zero-order valence-electron chi connectivity index (χ0n) is 15.7. The third-order valence-corrected chi connectivity index (χ3v) is 3.49. The molecular formula is C19H31NO6. The van der Waals surface area contributed by atoms with Crippen molar-refractivity contribution < 1.29 is 28.9 Å². The van der Waals surface area contributed by atoms with Crippen LogP contribution in [0, 0.1) is 5.92 Å². The van der Waals surface area contributed by atoms with Crippen molar-refractivity contribution in [2.45, 2.75) is 33.0 Å². The van der Waals surface area contributed by atoms with E-state index in [1.807, 2.05) is 44.2 Å². The predicted molar refractivity (Wildman–Crippen MR) is 96.9 cm³/mol. The largest absolute Gasteiger partial charge is 0.377 e. The molecule has 0 heterocycles. The molecule has 7 heteroatoms. The highest BCUT2D eigenvalue weighted by atomic mass is 16.6. The summed E-state index contributed by atoms with van der Waals surface area (Å²) in [5, 5.41) is 8.71. The minimum atomic E-state index is -0.665. The van der Waals surface area contributed by atoms with Crippen molar-refractivity contribution in [1.82, 2.24) is 5.48 Å². The first-order valence-electron chi connectivity index (χ1n) is 8.96. The Balaban J connectivity index is 1.93. The normalized spacial score (nSPS) is 12.3. The Labute approximate surface area is 155 Å². The lowest BCUT2D eigenvalue weighted by molar-refractivity contribution is -0.143. The molecule has 0 aliphatic carbocycles. The van der Waals surface area contributed by atoms with Gasteiger partial charge in [0.2, 0.25) is 0 Å². The van der Waals surface area contributed by atoms with E-state index in [1.165, 1.54) is 0 Å². The number of nitrogens with one attached hydrogen (secondary N) is 1. The zero-order chi connectivity index (χ0) is 19.0. The molecule has 0 spiro atoms. The van der Waals surface area contributed by atoms with Gasteiger partial charge in [0.25, 0.3) is 5.91 Å². The van der Waals surface area contributed by atoms with Crippen molar-refractivity contribution >= 4 is 5.91 Å². The number of hydroxylamine groups is 1. The van der Waals surface area contributed by atoms with Crippen LogP contribution in [0.1, 0.15) is 25.8 Å². The Bertz CT molecular complexity index is 468. The Hall–Kier alpha value is -1.51. The van der Waals surface area contributed by atoms with Crippen LogP contribution in [0.15, 0.2) is 30.3 Å². The molecule has 0 aliphatic heterocycles. The van der Waals surface area contributed by atoms with E-state index in [2.05, 4.69) is 0 Å². The first kappa shape index (κ1) is 22.5. The molecule has 0 radical (unpaired) electrons. The van der Waals surface area contributed by atoms with Crippen LogP contribution in [0.25, 0.3) is 0 Å². The Morgan fingerprint density at radius 3 is 2.12 bits per heavy atom. The molecule has 1 unspecified atom stereocenters. The minimum Gasteiger partial charge on any atom is -0.377 e. The quantitative estimate of drug-likeness (QED) is 0.280. The number of rotatable bonds is 15. The maximum absolute atomic E-state index is 11.5. The molecule has 0 aromatic heterocycles. The fraction of sp³-hybridized carbons (Fsp3) is 0.632. The second-order valence-electron chi connectivity index (χ2n) is 6.23. The Kier molecular flexibility index (Phi) is 12.7. The number of amides is 1. The van der Waals surface area contributed by atoms with Gasteiger partial charge in [-0.1, -0.05) is 44.2 Å². The third-order valence-electron chi connectivity index (χ3n) is 3.49. The molecule has 1 rings (SSSR count). The first-order valence-corrected chi connectivity index (χ1v) is 8.96. The number of carbonyl (C=O) groups excluding carboxylic acids is 1. The average molecular weight is 369 g/mol. The van der Waals surface area contributed by atoms with E-state index in [9.17, 15) is 4.79 Å². The highest BCUT2D eigenvalue weighted by Crippen LogP contribution is 2.08. The van der Waals surface area contributed by atoms with Crippen molar-refractivity contribution in [2.75, 3.05) is 39.6 Å². The fourth-order valence-corrected chi connectivity index (χ4v) is 2.20. The molecule has 1 atom stereocenters. The Morgan fingerprint density at radius 1 is 0.962 bits per heavy atom. The highest BCUT2D eigenvalue weighted by molar-refractivity contribution is 5.79. The van der Waals surface area contributed by atoms with Gasteiger partial charge in [0.1, 0.15) is 6.10 Å². The molecule has 0 saturated carbocycles. The molecule has 0 bridgehead atoms. The van der Waals surface area contributed by atoms with Gasteiger partial charge in [-0.15, -0.1) is 0 Å². The fourth-order valence-electron chi connectivity index (χ4n) is 2.20. The van der Waals surface area contributed by atoms with Gasteiger partial charge in [0.05, 0.1) is 46.2 Å². The second-order valence-corrected chi connectivity index (χ2v) is 6.23. The first-order chi connectivity index (χ1) is 12.6. The third kappa shape index (κ3) is 11.2. The van der Waals surface area contributed by atoms with Crippen LogP contribution >= 0.6 is 0 Å². The van der Waals surface area contributed by atoms with E-state index < -0.39 is 12.0 Å². The lowest BCUT2D eigenvalue weighted by atomic mass is 10.1. The van der Waals surface area contributed by atoms with Gasteiger partial charge in [0.15, 0.2) is 0 Å². The van der Waals surface area contributed by atoms with Gasteiger partial charge in [0, 0.05) is 0 Å². The SMILES string of the molecule is CC(C)CC(OCCOCCOCCOCc1ccccc1)C(=O)NO. The summed E-state index contributed by atoms with van der Waals surface area (Å²) in [6, 6.07) is 9.98. The van der Waals surface area contributed by atoms with Gasteiger partial charge in [-0.05, 0) is 17.9 Å². The van der Waals surface area contributed by atoms with E-state index in [4.69, 9.17) is 24.2 Å². The maximum atomic E-state index is 11.5. The molecule has 1 aromatic rings. The lowest BCUT2D eigenvalue weighted by Crippen LogP contribution is -2.36. The highest BCUT2D eigenvalue weighted by Gasteiger charge is 2.19. The van der Waals surface area contributed by atoms with Crippen LogP contribution in [-0.4, -0.2) is 56.9 Å². The summed E-state index contributed by atoms with van der Waals surface area (Å²) in [4.78, 5) is 11.5. The molecule has 0 aliphatic rings. The number of carbonyl (C=O) groups is 1. The number of benzene rings is 1. The summed E-state index contributed by atoms with van der Waals surface area (Å²) in [5.41, 5.74) is 2.77. The van der Waals surface area contributed by atoms with Gasteiger partial charge in [-0.2, -0.15) is 0 Å². The van der Waals surface area contributed by atoms with E-state index in [0.717, 1.165) is 5.56 Å². The molecular weight excluding hydrogens is 338 g/mol. The van der Waals surface area contributed by atoms with Gasteiger partial charge >= 0.3 is 0 Å². The van der Waals surface area contributed by atoms with Crippen molar-refractivity contribution in [3.63, 3.8) is 0 Å². The summed E-state index contributed by atoms with van der Waals surface area (Å²) in [6.45, 7) is 7.16. The molecule has 0 saturated heterocycles. The monoisotopic (exact) mass is 369 g/mol. The van der Waals surface area contributed by atoms with Crippen molar-refractivity contribution in [1.29, 1.82) is 0 Å². The van der Waals surface area contributed by atoms with Crippen LogP contribution < -0.4 is 5.48 Å². The summed E-state index contributed by atoms with van der Waals surface area (Å²) >= 11 is 0. The van der Waals surface area contributed by atoms with E-state index in [0.29, 0.717) is 46.1 Å². The molecule has 0 fully saturated rings. The smallest absolute Gasteiger partial charge is 0.272 e. The van der Waals surface area contributed by atoms with Gasteiger partial charge in [-0.25, -0.2) is 5.48 Å². The molecule has 2 N–H and O–H groups in total. The van der Waals surface area contributed by atoms with Crippen LogP contribution in [0.3, 0.4) is 0 Å². The molecule has 1 aromatic carbocycles. The van der Waals surface area contributed by atoms with Crippen LogP contribution in [0.5, 0.6) is 0 Å². The standard InChI is InChI=1S/C19H31NO6/c1-16(2)14-18(19(21)20-22)26-13-12-24-9-8-23-10-11-25-15-17-6-4-3-5-7-17/h3-7,16,18,22H,8-15H2,1-2H3,(H,20,21). The van der Waals surface area contributed by atoms with E-state index in [-0.39, 0.29) is 12.5 Å². The lowest BCUT2D eigenvalue weighted by Gasteiger charge is -2.17. The average Bonchev–Trinajstić information content (AvgIpc) is 2.65. The topological polar surface area (TPSA) is 86.2 Å². The van der Waals surface area contributed by atoms with Gasteiger partial charge < -0.3 is 18.9 Å². The molecule has 7 nitrogen and oxygen atoms in total. The summed E-state index contributed by atoms with van der Waals surface area (Å²) in [5.74, 6) is -0.242. The van der Waals surface area contributed by atoms with E-state index >= 15 is 0 Å². The summed E-state index contributed by atoms with van der Waals surface area (Å²) in [6.07, 6.45) is -0.125. The summed E-state index contributed by atoms with van der Waals surface area (Å²) < 4.78 is 21.8. The molecule has 148 valence electrons.